The van der Waals surface area contributed by atoms with E-state index in [2.05, 4.69) is 39.5 Å². The number of benzene rings is 1. The Bertz CT molecular complexity index is 585. The minimum atomic E-state index is -0.318. The number of ether oxygens (including phenoxy) is 1. The monoisotopic (exact) mass is 318 g/mol. The zero-order valence-electron chi connectivity index (χ0n) is 14.2. The molecule has 23 heavy (non-hydrogen) atoms. The van der Waals surface area contributed by atoms with Gasteiger partial charge in [-0.2, -0.15) is 5.10 Å². The number of nitrogens with zero attached hydrogens (tertiary/aromatic N) is 2. The number of hydrazine groups is 1. The second kappa shape index (κ2) is 9.07. The van der Waals surface area contributed by atoms with E-state index in [0.717, 1.165) is 6.54 Å². The highest BCUT2D eigenvalue weighted by Crippen LogP contribution is 2.06. The smallest absolute Gasteiger partial charge is 0.293 e. The van der Waals surface area contributed by atoms with E-state index in [1.807, 2.05) is 44.8 Å². The predicted octanol–water partition coefficient (Wildman–Crippen LogP) is 2.16. The van der Waals surface area contributed by atoms with E-state index in [9.17, 15) is 4.79 Å². The number of rotatable bonds is 5. The molecule has 0 fully saturated rings. The first-order valence-electron chi connectivity index (χ1n) is 7.46. The Hall–Kier alpha value is -2.18. The Labute approximate surface area is 137 Å². The van der Waals surface area contributed by atoms with Crippen LogP contribution in [0, 0.1) is 6.92 Å². The molecule has 0 bridgehead atoms. The molecule has 0 radical (unpaired) electrons. The molecule has 2 rings (SSSR count). The molecule has 0 unspecified atom stereocenters. The Morgan fingerprint density at radius 3 is 2.26 bits per heavy atom. The van der Waals surface area contributed by atoms with E-state index in [-0.39, 0.29) is 5.60 Å². The van der Waals surface area contributed by atoms with Crippen molar-refractivity contribution >= 4 is 6.47 Å². The van der Waals surface area contributed by atoms with Gasteiger partial charge in [0, 0.05) is 12.7 Å². The SMILES string of the molecule is CC(C)(C)OC=O.Cc1cnn(Cc2ccc(CNN)cc2)c1. The normalized spacial score (nSPS) is 10.7. The second-order valence-corrected chi connectivity index (χ2v) is 6.24. The second-order valence-electron chi connectivity index (χ2n) is 6.24. The van der Waals surface area contributed by atoms with Crippen molar-refractivity contribution in [1.29, 1.82) is 0 Å². The van der Waals surface area contributed by atoms with Gasteiger partial charge >= 0.3 is 0 Å². The predicted molar refractivity (Wildman–Crippen MR) is 90.4 cm³/mol. The summed E-state index contributed by atoms with van der Waals surface area (Å²) in [6.45, 7) is 9.47. The lowest BCUT2D eigenvalue weighted by Gasteiger charge is -2.14. The third kappa shape index (κ3) is 8.13. The van der Waals surface area contributed by atoms with E-state index in [4.69, 9.17) is 5.84 Å². The first-order chi connectivity index (χ1) is 10.8. The van der Waals surface area contributed by atoms with Gasteiger partial charge in [0.15, 0.2) is 0 Å². The molecule has 0 aliphatic rings. The van der Waals surface area contributed by atoms with Crippen molar-refractivity contribution in [2.75, 3.05) is 0 Å². The average Bonchev–Trinajstić information content (AvgIpc) is 2.86. The van der Waals surface area contributed by atoms with Gasteiger partial charge in [-0.1, -0.05) is 24.3 Å². The van der Waals surface area contributed by atoms with Crippen LogP contribution in [0.3, 0.4) is 0 Å². The molecule has 0 saturated carbocycles. The van der Waals surface area contributed by atoms with E-state index in [0.29, 0.717) is 13.0 Å². The lowest BCUT2D eigenvalue weighted by atomic mass is 10.1. The van der Waals surface area contributed by atoms with Crippen LogP contribution in [0.1, 0.15) is 37.5 Å². The molecular formula is C17H26N4O2. The molecule has 3 N–H and O–H groups in total. The molecule has 1 aromatic heterocycles. The van der Waals surface area contributed by atoms with Gasteiger partial charge in [-0.05, 0) is 44.4 Å². The van der Waals surface area contributed by atoms with Crippen LogP contribution in [-0.2, 0) is 22.6 Å². The van der Waals surface area contributed by atoms with Crippen LogP contribution < -0.4 is 11.3 Å². The molecule has 126 valence electrons. The first-order valence-corrected chi connectivity index (χ1v) is 7.46. The van der Waals surface area contributed by atoms with Gasteiger partial charge in [-0.15, -0.1) is 0 Å². The van der Waals surface area contributed by atoms with Crippen molar-refractivity contribution in [3.8, 4) is 0 Å². The van der Waals surface area contributed by atoms with Crippen LogP contribution in [-0.4, -0.2) is 21.9 Å². The molecule has 1 heterocycles. The summed E-state index contributed by atoms with van der Waals surface area (Å²) in [4.78, 5) is 9.60. The summed E-state index contributed by atoms with van der Waals surface area (Å²) in [5, 5.41) is 4.25. The number of nitrogens with one attached hydrogen (secondary N) is 1. The van der Waals surface area contributed by atoms with Gasteiger partial charge in [0.2, 0.25) is 0 Å². The molecule has 0 aliphatic carbocycles. The number of aromatic nitrogens is 2. The molecule has 0 atom stereocenters. The number of carbonyl (C=O) groups is 1. The van der Waals surface area contributed by atoms with Gasteiger partial charge in [0.1, 0.15) is 5.60 Å². The number of hydrogen-bond donors (Lipinski definition) is 2. The number of carbonyl (C=O) groups excluding carboxylic acids is 1. The Morgan fingerprint density at radius 1 is 1.26 bits per heavy atom. The fraction of sp³-hybridized carbons (Fsp3) is 0.412. The molecule has 1 aromatic carbocycles. The largest absolute Gasteiger partial charge is 0.462 e. The maximum Gasteiger partial charge on any atom is 0.293 e. The van der Waals surface area contributed by atoms with Gasteiger partial charge in [-0.25, -0.2) is 0 Å². The van der Waals surface area contributed by atoms with E-state index >= 15 is 0 Å². The molecule has 0 amide bonds. The Kier molecular flexibility index (Phi) is 7.44. The van der Waals surface area contributed by atoms with Gasteiger partial charge in [0.25, 0.3) is 6.47 Å². The summed E-state index contributed by atoms with van der Waals surface area (Å²) in [7, 11) is 0. The van der Waals surface area contributed by atoms with Crippen molar-refractivity contribution in [2.45, 2.75) is 46.4 Å². The number of nitrogens with two attached hydrogens (primary N) is 1. The average molecular weight is 318 g/mol. The zero-order chi connectivity index (χ0) is 17.3. The molecule has 6 nitrogen and oxygen atoms in total. The molecular weight excluding hydrogens is 292 g/mol. The maximum absolute atomic E-state index is 9.60. The van der Waals surface area contributed by atoms with Crippen molar-refractivity contribution in [1.82, 2.24) is 15.2 Å². The van der Waals surface area contributed by atoms with Crippen LogP contribution in [0.15, 0.2) is 36.7 Å². The third-order valence-electron chi connectivity index (χ3n) is 2.84. The van der Waals surface area contributed by atoms with Gasteiger partial charge < -0.3 is 4.74 Å². The number of aryl methyl sites for hydroxylation is 1. The van der Waals surface area contributed by atoms with Crippen LogP contribution in [0.4, 0.5) is 0 Å². The minimum absolute atomic E-state index is 0.318. The van der Waals surface area contributed by atoms with Crippen molar-refractivity contribution in [2.24, 2.45) is 5.84 Å². The summed E-state index contributed by atoms with van der Waals surface area (Å²) in [5.74, 6) is 5.26. The lowest BCUT2D eigenvalue weighted by Crippen LogP contribution is -2.20. The van der Waals surface area contributed by atoms with Crippen LogP contribution in [0.5, 0.6) is 0 Å². The van der Waals surface area contributed by atoms with Crippen LogP contribution >= 0.6 is 0 Å². The van der Waals surface area contributed by atoms with Crippen molar-refractivity contribution in [3.63, 3.8) is 0 Å². The lowest BCUT2D eigenvalue weighted by molar-refractivity contribution is -0.138. The highest BCUT2D eigenvalue weighted by atomic mass is 16.5. The van der Waals surface area contributed by atoms with Crippen molar-refractivity contribution < 1.29 is 9.53 Å². The topological polar surface area (TPSA) is 82.2 Å². The standard InChI is InChI=1S/C12H16N4.C5H10O2/c1-10-6-15-16(8-10)9-12-4-2-11(3-5-12)7-14-13;1-5(2,3)7-4-6/h2-6,8,14H,7,9,13H2,1H3;4H,1-3H3. The minimum Gasteiger partial charge on any atom is -0.462 e. The van der Waals surface area contributed by atoms with Crippen LogP contribution in [0.2, 0.25) is 0 Å². The highest BCUT2D eigenvalue weighted by Gasteiger charge is 2.07. The molecule has 2 aromatic rings. The quantitative estimate of drug-likeness (QED) is 0.501. The molecule has 0 saturated heterocycles. The highest BCUT2D eigenvalue weighted by molar-refractivity contribution is 5.37. The fourth-order valence-corrected chi connectivity index (χ4v) is 1.77. The maximum atomic E-state index is 9.60. The summed E-state index contributed by atoms with van der Waals surface area (Å²) in [6.07, 6.45) is 3.90. The summed E-state index contributed by atoms with van der Waals surface area (Å²) >= 11 is 0. The summed E-state index contributed by atoms with van der Waals surface area (Å²) < 4.78 is 6.48. The van der Waals surface area contributed by atoms with Gasteiger partial charge in [0.05, 0.1) is 12.7 Å². The molecule has 0 aliphatic heterocycles. The Morgan fingerprint density at radius 2 is 1.87 bits per heavy atom. The van der Waals surface area contributed by atoms with E-state index < -0.39 is 0 Å². The molecule has 6 heteroatoms. The summed E-state index contributed by atoms with van der Waals surface area (Å²) in [6, 6.07) is 8.35. The Balaban J connectivity index is 0.000000322. The van der Waals surface area contributed by atoms with E-state index in [1.165, 1.54) is 16.7 Å². The summed E-state index contributed by atoms with van der Waals surface area (Å²) in [5.41, 5.74) is 5.93. The zero-order valence-corrected chi connectivity index (χ0v) is 14.2. The van der Waals surface area contributed by atoms with E-state index in [1.54, 1.807) is 0 Å². The fourth-order valence-electron chi connectivity index (χ4n) is 1.77. The number of hydrogen-bond acceptors (Lipinski definition) is 5. The van der Waals surface area contributed by atoms with Crippen LogP contribution in [0.25, 0.3) is 0 Å². The van der Waals surface area contributed by atoms with Gasteiger partial charge in [-0.3, -0.25) is 20.7 Å². The third-order valence-corrected chi connectivity index (χ3v) is 2.84. The van der Waals surface area contributed by atoms with Crippen molar-refractivity contribution in [3.05, 3.63) is 53.3 Å². The molecule has 0 spiro atoms. The first kappa shape index (κ1) is 18.9.